The predicted octanol–water partition coefficient (Wildman–Crippen LogP) is 1.42. The SMILES string of the molecule is Nc1ccnn(-c2cccc(OC(F)F)c2)c1=O. The van der Waals surface area contributed by atoms with E-state index in [0.29, 0.717) is 5.69 Å². The van der Waals surface area contributed by atoms with Gasteiger partial charge in [-0.2, -0.15) is 18.6 Å². The van der Waals surface area contributed by atoms with E-state index in [-0.39, 0.29) is 11.4 Å². The van der Waals surface area contributed by atoms with Gasteiger partial charge >= 0.3 is 6.61 Å². The van der Waals surface area contributed by atoms with Crippen LogP contribution in [0.15, 0.2) is 41.3 Å². The number of benzene rings is 1. The largest absolute Gasteiger partial charge is 0.435 e. The van der Waals surface area contributed by atoms with Crippen molar-refractivity contribution >= 4 is 5.69 Å². The van der Waals surface area contributed by atoms with E-state index in [4.69, 9.17) is 5.73 Å². The van der Waals surface area contributed by atoms with E-state index in [9.17, 15) is 13.6 Å². The summed E-state index contributed by atoms with van der Waals surface area (Å²) in [6, 6.07) is 7.00. The number of nitrogens with zero attached hydrogens (tertiary/aromatic N) is 2. The first-order valence-corrected chi connectivity index (χ1v) is 4.97. The van der Waals surface area contributed by atoms with Gasteiger partial charge in [0, 0.05) is 6.07 Å². The summed E-state index contributed by atoms with van der Waals surface area (Å²) in [4.78, 5) is 11.7. The van der Waals surface area contributed by atoms with Crippen LogP contribution in [0.5, 0.6) is 5.75 Å². The van der Waals surface area contributed by atoms with E-state index in [1.807, 2.05) is 0 Å². The smallest absolute Gasteiger partial charge is 0.387 e. The van der Waals surface area contributed by atoms with Crippen LogP contribution in [0, 0.1) is 0 Å². The third-order valence-electron chi connectivity index (χ3n) is 2.16. The third kappa shape index (κ3) is 2.45. The summed E-state index contributed by atoms with van der Waals surface area (Å²) in [5.74, 6) is -0.0568. The van der Waals surface area contributed by atoms with Crippen LogP contribution in [-0.2, 0) is 0 Å². The maximum atomic E-state index is 12.1. The molecule has 2 N–H and O–H groups in total. The Bertz CT molecular complexity index is 613. The van der Waals surface area contributed by atoms with E-state index < -0.39 is 12.2 Å². The van der Waals surface area contributed by atoms with Gasteiger partial charge in [0.1, 0.15) is 11.4 Å². The van der Waals surface area contributed by atoms with E-state index in [1.54, 1.807) is 0 Å². The van der Waals surface area contributed by atoms with Crippen molar-refractivity contribution in [3.8, 4) is 11.4 Å². The van der Waals surface area contributed by atoms with E-state index in [2.05, 4.69) is 9.84 Å². The minimum atomic E-state index is -2.93. The van der Waals surface area contributed by atoms with E-state index >= 15 is 0 Å². The Morgan fingerprint density at radius 1 is 1.33 bits per heavy atom. The number of halogens is 2. The maximum Gasteiger partial charge on any atom is 0.387 e. The van der Waals surface area contributed by atoms with Gasteiger partial charge in [0.2, 0.25) is 0 Å². The second-order valence-electron chi connectivity index (χ2n) is 3.38. The van der Waals surface area contributed by atoms with Gasteiger partial charge in [-0.1, -0.05) is 6.07 Å². The number of nitrogens with two attached hydrogens (primary N) is 1. The van der Waals surface area contributed by atoms with Crippen LogP contribution in [0.1, 0.15) is 0 Å². The lowest BCUT2D eigenvalue weighted by Crippen LogP contribution is -2.23. The molecule has 1 heterocycles. The molecule has 0 aliphatic carbocycles. The summed E-state index contributed by atoms with van der Waals surface area (Å²) in [6.07, 6.45) is 1.34. The molecule has 0 aliphatic heterocycles. The Balaban J connectivity index is 2.45. The van der Waals surface area contributed by atoms with Crippen molar-refractivity contribution in [3.63, 3.8) is 0 Å². The van der Waals surface area contributed by atoms with Crippen molar-refractivity contribution in [3.05, 3.63) is 46.9 Å². The Hall–Kier alpha value is -2.44. The fourth-order valence-corrected chi connectivity index (χ4v) is 1.40. The van der Waals surface area contributed by atoms with Gasteiger partial charge in [-0.3, -0.25) is 4.79 Å². The second-order valence-corrected chi connectivity index (χ2v) is 3.38. The molecular weight excluding hydrogens is 244 g/mol. The number of ether oxygens (including phenoxy) is 1. The summed E-state index contributed by atoms with van der Waals surface area (Å²) in [5, 5.41) is 3.81. The van der Waals surface area contributed by atoms with E-state index in [1.165, 1.54) is 36.5 Å². The highest BCUT2D eigenvalue weighted by Gasteiger charge is 2.07. The molecule has 0 spiro atoms. The molecule has 2 rings (SSSR count). The molecule has 0 amide bonds. The molecule has 0 aliphatic rings. The maximum absolute atomic E-state index is 12.1. The first-order valence-electron chi connectivity index (χ1n) is 4.97. The average molecular weight is 253 g/mol. The lowest BCUT2D eigenvalue weighted by molar-refractivity contribution is -0.0498. The third-order valence-corrected chi connectivity index (χ3v) is 2.16. The Kier molecular flexibility index (Phi) is 3.22. The van der Waals surface area contributed by atoms with Gasteiger partial charge < -0.3 is 10.5 Å². The zero-order valence-electron chi connectivity index (χ0n) is 9.09. The van der Waals surface area contributed by atoms with Gasteiger partial charge in [-0.05, 0) is 18.2 Å². The molecule has 0 saturated carbocycles. The van der Waals surface area contributed by atoms with Crippen LogP contribution >= 0.6 is 0 Å². The van der Waals surface area contributed by atoms with Crippen LogP contribution in [-0.4, -0.2) is 16.4 Å². The standard InChI is InChI=1S/C11H9F2N3O2/c12-11(13)18-8-3-1-2-7(6-8)16-10(17)9(14)4-5-15-16/h1-6,11H,14H2. The molecule has 1 aromatic heterocycles. The van der Waals surface area contributed by atoms with Gasteiger partial charge in [0.25, 0.3) is 5.56 Å². The minimum absolute atomic E-state index is 0.0187. The summed E-state index contributed by atoms with van der Waals surface area (Å²) in [5.41, 5.74) is 5.25. The van der Waals surface area contributed by atoms with Crippen LogP contribution in [0.2, 0.25) is 0 Å². The second kappa shape index (κ2) is 4.82. The molecule has 0 bridgehead atoms. The van der Waals surface area contributed by atoms with E-state index in [0.717, 1.165) is 4.68 Å². The minimum Gasteiger partial charge on any atom is -0.435 e. The van der Waals surface area contributed by atoms with Gasteiger partial charge in [0.15, 0.2) is 0 Å². The van der Waals surface area contributed by atoms with Gasteiger partial charge in [-0.15, -0.1) is 0 Å². The molecule has 94 valence electrons. The molecule has 0 atom stereocenters. The molecule has 0 fully saturated rings. The quantitative estimate of drug-likeness (QED) is 0.898. The number of anilines is 1. The molecule has 5 nitrogen and oxygen atoms in total. The van der Waals surface area contributed by atoms with Crippen LogP contribution in [0.3, 0.4) is 0 Å². The Morgan fingerprint density at radius 3 is 2.83 bits per heavy atom. The van der Waals surface area contributed by atoms with Crippen LogP contribution < -0.4 is 16.0 Å². The number of alkyl halides is 2. The summed E-state index contributed by atoms with van der Waals surface area (Å²) in [7, 11) is 0. The zero-order valence-corrected chi connectivity index (χ0v) is 9.09. The summed E-state index contributed by atoms with van der Waals surface area (Å²) < 4.78 is 29.4. The number of aromatic nitrogens is 2. The van der Waals surface area contributed by atoms with Crippen molar-refractivity contribution < 1.29 is 13.5 Å². The Labute approximate surface area is 100 Å². The lowest BCUT2D eigenvalue weighted by atomic mass is 10.3. The number of rotatable bonds is 3. The molecule has 0 radical (unpaired) electrons. The molecule has 0 unspecified atom stereocenters. The van der Waals surface area contributed by atoms with Crippen LogP contribution in [0.4, 0.5) is 14.5 Å². The highest BCUT2D eigenvalue weighted by molar-refractivity contribution is 5.41. The highest BCUT2D eigenvalue weighted by atomic mass is 19.3. The highest BCUT2D eigenvalue weighted by Crippen LogP contribution is 2.17. The summed E-state index contributed by atoms with van der Waals surface area (Å²) in [6.45, 7) is -2.93. The molecular formula is C11H9F2N3O2. The summed E-state index contributed by atoms with van der Waals surface area (Å²) >= 11 is 0. The predicted molar refractivity (Wildman–Crippen MR) is 60.9 cm³/mol. The molecule has 0 saturated heterocycles. The number of hydrogen-bond donors (Lipinski definition) is 1. The zero-order chi connectivity index (χ0) is 13.1. The normalized spacial score (nSPS) is 10.6. The first kappa shape index (κ1) is 12.0. The molecule has 2 aromatic rings. The van der Waals surface area contributed by atoms with Gasteiger partial charge in [0.05, 0.1) is 11.9 Å². The van der Waals surface area contributed by atoms with Crippen molar-refractivity contribution in [2.75, 3.05) is 5.73 Å². The monoisotopic (exact) mass is 253 g/mol. The van der Waals surface area contributed by atoms with Crippen molar-refractivity contribution in [1.82, 2.24) is 9.78 Å². The first-order chi connectivity index (χ1) is 8.58. The molecule has 1 aromatic carbocycles. The van der Waals surface area contributed by atoms with Crippen molar-refractivity contribution in [2.45, 2.75) is 6.61 Å². The van der Waals surface area contributed by atoms with Gasteiger partial charge in [-0.25, -0.2) is 0 Å². The Morgan fingerprint density at radius 2 is 2.11 bits per heavy atom. The van der Waals surface area contributed by atoms with Crippen molar-refractivity contribution in [1.29, 1.82) is 0 Å². The fraction of sp³-hybridized carbons (Fsp3) is 0.0909. The molecule has 18 heavy (non-hydrogen) atoms. The van der Waals surface area contributed by atoms with Crippen molar-refractivity contribution in [2.24, 2.45) is 0 Å². The topological polar surface area (TPSA) is 70.1 Å². The number of nitrogen functional groups attached to an aromatic ring is 1. The average Bonchev–Trinajstić information content (AvgIpc) is 2.32. The lowest BCUT2D eigenvalue weighted by Gasteiger charge is -2.08. The fourth-order valence-electron chi connectivity index (χ4n) is 1.40. The number of hydrogen-bond acceptors (Lipinski definition) is 4. The molecule has 7 heteroatoms. The van der Waals surface area contributed by atoms with Crippen LogP contribution in [0.25, 0.3) is 5.69 Å².